The first kappa shape index (κ1) is 21.6. The molecule has 1 aromatic heterocycles. The van der Waals surface area contributed by atoms with E-state index >= 15 is 0 Å². The molecule has 0 saturated carbocycles. The highest BCUT2D eigenvalue weighted by atomic mass is 32.2. The van der Waals surface area contributed by atoms with Crippen molar-refractivity contribution in [1.82, 2.24) is 4.31 Å². The van der Waals surface area contributed by atoms with Gasteiger partial charge in [0.2, 0.25) is 10.0 Å². The molecular formula is C19H22FN3O4S3. The summed E-state index contributed by atoms with van der Waals surface area (Å²) < 4.78 is 47.2. The van der Waals surface area contributed by atoms with Gasteiger partial charge in [-0.1, -0.05) is 0 Å². The number of thioether (sulfide) groups is 1. The SMILES string of the molecule is O=C(Nc1ccc(N2CCOCC2)c(F)c1)c1sccc1S(=O)(=O)N1CCSCC1. The molecule has 11 heteroatoms. The van der Waals surface area contributed by atoms with Crippen LogP contribution in [0.15, 0.2) is 34.5 Å². The van der Waals surface area contributed by atoms with Crippen molar-refractivity contribution in [2.24, 2.45) is 0 Å². The van der Waals surface area contributed by atoms with Crippen molar-refractivity contribution in [3.63, 3.8) is 0 Å². The van der Waals surface area contributed by atoms with Crippen LogP contribution in [0.25, 0.3) is 0 Å². The van der Waals surface area contributed by atoms with Gasteiger partial charge >= 0.3 is 0 Å². The van der Waals surface area contributed by atoms with Gasteiger partial charge in [0.05, 0.1) is 18.9 Å². The third-order valence-corrected chi connectivity index (χ3v) is 8.91. The number of carbonyl (C=O) groups excluding carboxylic acids is 1. The van der Waals surface area contributed by atoms with Gasteiger partial charge in [0, 0.05) is 43.4 Å². The zero-order valence-corrected chi connectivity index (χ0v) is 18.6. The Labute approximate surface area is 183 Å². The summed E-state index contributed by atoms with van der Waals surface area (Å²) in [5.41, 5.74) is 0.735. The Balaban J connectivity index is 1.51. The molecule has 4 rings (SSSR count). The number of rotatable bonds is 5. The van der Waals surface area contributed by atoms with E-state index in [2.05, 4.69) is 5.32 Å². The van der Waals surface area contributed by atoms with Gasteiger partial charge in [-0.2, -0.15) is 16.1 Å². The highest BCUT2D eigenvalue weighted by molar-refractivity contribution is 7.99. The molecule has 7 nitrogen and oxygen atoms in total. The van der Waals surface area contributed by atoms with Crippen LogP contribution in [-0.2, 0) is 14.8 Å². The minimum Gasteiger partial charge on any atom is -0.378 e. The van der Waals surface area contributed by atoms with Gasteiger partial charge in [-0.15, -0.1) is 11.3 Å². The molecular weight excluding hydrogens is 449 g/mol. The number of thiophene rings is 1. The second-order valence-corrected chi connectivity index (χ2v) is 10.9. The molecule has 2 aromatic rings. The van der Waals surface area contributed by atoms with E-state index < -0.39 is 21.7 Å². The Morgan fingerprint density at radius 2 is 1.83 bits per heavy atom. The monoisotopic (exact) mass is 471 g/mol. The smallest absolute Gasteiger partial charge is 0.267 e. The van der Waals surface area contributed by atoms with Crippen molar-refractivity contribution in [1.29, 1.82) is 0 Å². The Morgan fingerprint density at radius 1 is 1.10 bits per heavy atom. The van der Waals surface area contributed by atoms with Gasteiger partial charge < -0.3 is 15.0 Å². The van der Waals surface area contributed by atoms with Crippen molar-refractivity contribution in [2.45, 2.75) is 4.90 Å². The lowest BCUT2D eigenvalue weighted by Crippen LogP contribution is -2.38. The number of nitrogens with zero attached hydrogens (tertiary/aromatic N) is 2. The molecule has 0 bridgehead atoms. The largest absolute Gasteiger partial charge is 0.378 e. The molecule has 2 saturated heterocycles. The molecule has 3 heterocycles. The highest BCUT2D eigenvalue weighted by Gasteiger charge is 2.31. The third-order valence-electron chi connectivity index (χ3n) is 4.98. The lowest BCUT2D eigenvalue weighted by Gasteiger charge is -2.29. The molecule has 0 unspecified atom stereocenters. The fraction of sp³-hybridized carbons (Fsp3) is 0.421. The maximum atomic E-state index is 14.6. The highest BCUT2D eigenvalue weighted by Crippen LogP contribution is 2.29. The van der Waals surface area contributed by atoms with Crippen LogP contribution in [0, 0.1) is 5.82 Å². The molecule has 1 amide bonds. The fourth-order valence-corrected chi connectivity index (χ4v) is 7.30. The molecule has 30 heavy (non-hydrogen) atoms. The number of anilines is 2. The van der Waals surface area contributed by atoms with Crippen LogP contribution < -0.4 is 10.2 Å². The summed E-state index contributed by atoms with van der Waals surface area (Å²) in [4.78, 5) is 14.8. The van der Waals surface area contributed by atoms with Gasteiger partial charge in [0.25, 0.3) is 5.91 Å². The van der Waals surface area contributed by atoms with E-state index in [1.165, 1.54) is 16.4 Å². The second kappa shape index (κ2) is 9.23. The summed E-state index contributed by atoms with van der Waals surface area (Å²) in [5.74, 6) is 0.465. The maximum absolute atomic E-state index is 14.6. The lowest BCUT2D eigenvalue weighted by atomic mass is 10.2. The molecule has 0 radical (unpaired) electrons. The van der Waals surface area contributed by atoms with Crippen LogP contribution in [0.3, 0.4) is 0 Å². The van der Waals surface area contributed by atoms with Crippen molar-refractivity contribution in [3.05, 3.63) is 40.3 Å². The zero-order chi connectivity index (χ0) is 21.1. The summed E-state index contributed by atoms with van der Waals surface area (Å²) in [7, 11) is -3.74. The number of amides is 1. The van der Waals surface area contributed by atoms with Crippen molar-refractivity contribution in [3.8, 4) is 0 Å². The minimum absolute atomic E-state index is 0.00214. The van der Waals surface area contributed by atoms with Crippen LogP contribution in [0.5, 0.6) is 0 Å². The van der Waals surface area contributed by atoms with Crippen molar-refractivity contribution < 1.29 is 22.3 Å². The van der Waals surface area contributed by atoms with E-state index in [9.17, 15) is 17.6 Å². The van der Waals surface area contributed by atoms with Gasteiger partial charge in [-0.25, -0.2) is 12.8 Å². The number of hydrogen-bond acceptors (Lipinski definition) is 7. The van der Waals surface area contributed by atoms with Crippen LogP contribution in [0.4, 0.5) is 15.8 Å². The van der Waals surface area contributed by atoms with Crippen LogP contribution >= 0.6 is 23.1 Å². The second-order valence-electron chi connectivity index (χ2n) is 6.85. The van der Waals surface area contributed by atoms with E-state index in [4.69, 9.17) is 4.74 Å². The first-order valence-corrected chi connectivity index (χ1v) is 13.0. The lowest BCUT2D eigenvalue weighted by molar-refractivity contribution is 0.102. The third kappa shape index (κ3) is 4.50. The first-order chi connectivity index (χ1) is 14.5. The summed E-state index contributed by atoms with van der Waals surface area (Å²) in [6.45, 7) is 3.16. The molecule has 0 spiro atoms. The number of halogens is 1. The van der Waals surface area contributed by atoms with E-state index in [0.29, 0.717) is 45.1 Å². The minimum atomic E-state index is -3.74. The number of ether oxygens (including phenoxy) is 1. The van der Waals surface area contributed by atoms with E-state index in [-0.39, 0.29) is 15.5 Å². The van der Waals surface area contributed by atoms with Crippen LogP contribution in [0.1, 0.15) is 9.67 Å². The zero-order valence-electron chi connectivity index (χ0n) is 16.2. The molecule has 0 aliphatic carbocycles. The van der Waals surface area contributed by atoms with Gasteiger partial charge in [0.15, 0.2) is 0 Å². The van der Waals surface area contributed by atoms with E-state index in [1.807, 2.05) is 4.90 Å². The Hall–Kier alpha value is -1.66. The molecule has 2 aliphatic heterocycles. The first-order valence-electron chi connectivity index (χ1n) is 9.56. The number of sulfonamides is 1. The summed E-state index contributed by atoms with van der Waals surface area (Å²) in [5, 5.41) is 4.22. The molecule has 0 atom stereocenters. The standard InChI is InChI=1S/C19H22FN3O4S3/c20-15-13-14(1-2-16(15)22-4-8-27-9-5-22)21-19(24)18-17(3-10-29-18)30(25,26)23-6-11-28-12-7-23/h1-3,10,13H,4-9,11-12H2,(H,21,24). The van der Waals surface area contributed by atoms with Gasteiger partial charge in [0.1, 0.15) is 15.6 Å². The quantitative estimate of drug-likeness (QED) is 0.723. The molecule has 1 N–H and O–H groups in total. The number of benzene rings is 1. The van der Waals surface area contributed by atoms with Crippen LogP contribution in [0.2, 0.25) is 0 Å². The summed E-state index contributed by atoms with van der Waals surface area (Å²) in [6.07, 6.45) is 0. The summed E-state index contributed by atoms with van der Waals surface area (Å²) >= 11 is 2.77. The number of carbonyl (C=O) groups is 1. The van der Waals surface area contributed by atoms with Gasteiger partial charge in [-0.3, -0.25) is 4.79 Å². The van der Waals surface area contributed by atoms with Gasteiger partial charge in [-0.05, 0) is 29.6 Å². The molecule has 162 valence electrons. The Bertz CT molecular complexity index is 1020. The molecule has 2 aliphatic rings. The maximum Gasteiger partial charge on any atom is 0.267 e. The topological polar surface area (TPSA) is 79.0 Å². The average molecular weight is 472 g/mol. The number of hydrogen-bond donors (Lipinski definition) is 1. The van der Waals surface area contributed by atoms with E-state index in [0.717, 1.165) is 22.8 Å². The van der Waals surface area contributed by atoms with Crippen LogP contribution in [-0.4, -0.2) is 69.5 Å². The summed E-state index contributed by atoms with van der Waals surface area (Å²) in [6, 6.07) is 5.95. The Kier molecular flexibility index (Phi) is 6.63. The van der Waals surface area contributed by atoms with E-state index in [1.54, 1.807) is 29.3 Å². The molecule has 1 aromatic carbocycles. The average Bonchev–Trinajstić information content (AvgIpc) is 3.26. The van der Waals surface area contributed by atoms with Crippen molar-refractivity contribution >= 4 is 50.4 Å². The number of nitrogens with one attached hydrogen (secondary N) is 1. The van der Waals surface area contributed by atoms with Crippen molar-refractivity contribution in [2.75, 3.05) is 61.1 Å². The number of morpholine rings is 1. The molecule has 2 fully saturated rings. The predicted octanol–water partition coefficient (Wildman–Crippen LogP) is 2.71. The Morgan fingerprint density at radius 3 is 2.53 bits per heavy atom. The predicted molar refractivity (Wildman–Crippen MR) is 118 cm³/mol. The normalized spacial score (nSPS) is 18.4. The fourth-order valence-electron chi connectivity index (χ4n) is 3.43.